The lowest BCUT2D eigenvalue weighted by molar-refractivity contribution is 0.0940. The molecule has 0 aliphatic heterocycles. The molecule has 0 saturated heterocycles. The summed E-state index contributed by atoms with van der Waals surface area (Å²) in [7, 11) is -4.00. The molecule has 4 rings (SSSR count). The molecule has 5 nitrogen and oxygen atoms in total. The average molecular weight is 533 g/mol. The minimum Gasteiger partial charge on any atom is -0.345 e. The van der Waals surface area contributed by atoms with Gasteiger partial charge in [0, 0.05) is 5.02 Å². The Labute approximate surface area is 223 Å². The van der Waals surface area contributed by atoms with Crippen LogP contribution < -0.4 is 9.62 Å². The number of aryl methyl sites for hydroxylation is 2. The molecular formula is C30H29ClN2O3S. The second-order valence-electron chi connectivity index (χ2n) is 9.07. The van der Waals surface area contributed by atoms with Crippen molar-refractivity contribution in [3.05, 3.63) is 130 Å². The minimum atomic E-state index is -4.00. The van der Waals surface area contributed by atoms with E-state index in [2.05, 4.69) is 5.32 Å². The maximum Gasteiger partial charge on any atom is 0.264 e. The van der Waals surface area contributed by atoms with Crippen LogP contribution in [0.2, 0.25) is 5.02 Å². The van der Waals surface area contributed by atoms with E-state index < -0.39 is 10.0 Å². The lowest BCUT2D eigenvalue weighted by Gasteiger charge is -2.27. The van der Waals surface area contributed by atoms with Crippen molar-refractivity contribution in [2.45, 2.75) is 38.3 Å². The van der Waals surface area contributed by atoms with Gasteiger partial charge in [-0.1, -0.05) is 83.4 Å². The van der Waals surface area contributed by atoms with Crippen molar-refractivity contribution >= 4 is 33.2 Å². The van der Waals surface area contributed by atoms with E-state index in [1.165, 1.54) is 4.31 Å². The monoisotopic (exact) mass is 532 g/mol. The molecule has 7 heteroatoms. The van der Waals surface area contributed by atoms with Crippen LogP contribution in [-0.2, 0) is 16.6 Å². The van der Waals surface area contributed by atoms with Crippen molar-refractivity contribution in [3.8, 4) is 0 Å². The third-order valence-corrected chi connectivity index (χ3v) is 8.22. The first kappa shape index (κ1) is 26.5. The summed E-state index contributed by atoms with van der Waals surface area (Å²) in [5.41, 5.74) is 4.35. The van der Waals surface area contributed by atoms with E-state index >= 15 is 0 Å². The van der Waals surface area contributed by atoms with Gasteiger partial charge in [0.1, 0.15) is 0 Å². The number of sulfonamides is 1. The number of para-hydroxylation sites is 1. The van der Waals surface area contributed by atoms with Gasteiger partial charge in [0.2, 0.25) is 0 Å². The molecule has 0 saturated carbocycles. The number of nitrogens with one attached hydrogen (secondary N) is 1. The van der Waals surface area contributed by atoms with Crippen LogP contribution in [-0.4, -0.2) is 14.3 Å². The van der Waals surface area contributed by atoms with Gasteiger partial charge >= 0.3 is 0 Å². The maximum absolute atomic E-state index is 13.9. The van der Waals surface area contributed by atoms with Crippen LogP contribution in [0.1, 0.15) is 45.6 Å². The molecule has 190 valence electrons. The number of carbonyl (C=O) groups excluding carboxylic acids is 1. The van der Waals surface area contributed by atoms with Crippen LogP contribution in [0.15, 0.2) is 102 Å². The Morgan fingerprint density at radius 1 is 0.838 bits per heavy atom. The van der Waals surface area contributed by atoms with Gasteiger partial charge in [-0.05, 0) is 68.3 Å². The Kier molecular flexibility index (Phi) is 8.00. The number of hydrogen-bond acceptors (Lipinski definition) is 3. The standard InChI is InChI=1S/C30H29ClN2O3S/c1-21-8-14-25(15-9-21)23(3)32-30(34)28-6-4-5-7-29(28)33(20-24-12-16-26(31)17-13-24)37(35,36)27-18-10-22(2)11-19-27/h4-19,23H,20H2,1-3H3,(H,32,34)/t23-/m0/s1. The highest BCUT2D eigenvalue weighted by atomic mass is 35.5. The molecule has 1 atom stereocenters. The second kappa shape index (κ2) is 11.2. The topological polar surface area (TPSA) is 66.5 Å². The highest BCUT2D eigenvalue weighted by Crippen LogP contribution is 2.30. The maximum atomic E-state index is 13.9. The van der Waals surface area contributed by atoms with Crippen LogP contribution in [0.25, 0.3) is 0 Å². The second-order valence-corrected chi connectivity index (χ2v) is 11.4. The molecule has 0 radical (unpaired) electrons. The predicted molar refractivity (Wildman–Crippen MR) is 150 cm³/mol. The lowest BCUT2D eigenvalue weighted by atomic mass is 10.1. The molecule has 0 aliphatic carbocycles. The van der Waals surface area contributed by atoms with E-state index in [9.17, 15) is 13.2 Å². The van der Waals surface area contributed by atoms with E-state index in [4.69, 9.17) is 11.6 Å². The van der Waals surface area contributed by atoms with E-state index in [-0.39, 0.29) is 29.0 Å². The van der Waals surface area contributed by atoms with Crippen LogP contribution in [0.4, 0.5) is 5.69 Å². The SMILES string of the molecule is Cc1ccc([C@H](C)NC(=O)c2ccccc2N(Cc2ccc(Cl)cc2)S(=O)(=O)c2ccc(C)cc2)cc1. The van der Waals surface area contributed by atoms with Crippen molar-refractivity contribution < 1.29 is 13.2 Å². The van der Waals surface area contributed by atoms with E-state index in [0.29, 0.717) is 10.7 Å². The fourth-order valence-electron chi connectivity index (χ4n) is 3.99. The quantitative estimate of drug-likeness (QED) is 0.270. The van der Waals surface area contributed by atoms with Gasteiger partial charge < -0.3 is 5.32 Å². The van der Waals surface area contributed by atoms with E-state index in [0.717, 1.165) is 22.3 Å². The summed E-state index contributed by atoms with van der Waals surface area (Å²) in [6.45, 7) is 5.84. The van der Waals surface area contributed by atoms with Gasteiger partial charge in [-0.3, -0.25) is 9.10 Å². The molecule has 1 amide bonds. The smallest absolute Gasteiger partial charge is 0.264 e. The first-order chi connectivity index (χ1) is 17.6. The van der Waals surface area contributed by atoms with Crippen LogP contribution in [0.5, 0.6) is 0 Å². The van der Waals surface area contributed by atoms with Gasteiger partial charge in [0.25, 0.3) is 15.9 Å². The number of anilines is 1. The van der Waals surface area contributed by atoms with Crippen molar-refractivity contribution in [1.82, 2.24) is 5.32 Å². The Morgan fingerprint density at radius 3 is 2.03 bits per heavy atom. The molecule has 1 N–H and O–H groups in total. The number of halogens is 1. The third kappa shape index (κ3) is 6.21. The van der Waals surface area contributed by atoms with Crippen molar-refractivity contribution in [3.63, 3.8) is 0 Å². The van der Waals surface area contributed by atoms with E-state index in [1.54, 1.807) is 72.8 Å². The fourth-order valence-corrected chi connectivity index (χ4v) is 5.59. The number of carbonyl (C=O) groups is 1. The summed E-state index contributed by atoms with van der Waals surface area (Å²) in [4.78, 5) is 13.6. The normalized spacial score (nSPS) is 12.1. The highest BCUT2D eigenvalue weighted by Gasteiger charge is 2.29. The number of amides is 1. The molecule has 37 heavy (non-hydrogen) atoms. The molecule has 0 heterocycles. The first-order valence-electron chi connectivity index (χ1n) is 12.0. The summed E-state index contributed by atoms with van der Waals surface area (Å²) in [5, 5.41) is 3.58. The molecule has 4 aromatic carbocycles. The fraction of sp³-hybridized carbons (Fsp3) is 0.167. The van der Waals surface area contributed by atoms with Crippen LogP contribution >= 0.6 is 11.6 Å². The van der Waals surface area contributed by atoms with Gasteiger partial charge in [-0.15, -0.1) is 0 Å². The number of hydrogen-bond donors (Lipinski definition) is 1. The van der Waals surface area contributed by atoms with Crippen molar-refractivity contribution in [1.29, 1.82) is 0 Å². The molecule has 0 fully saturated rings. The van der Waals surface area contributed by atoms with Crippen molar-refractivity contribution in [2.75, 3.05) is 4.31 Å². The Bertz CT molecular complexity index is 1480. The van der Waals surface area contributed by atoms with Gasteiger partial charge in [0.15, 0.2) is 0 Å². The van der Waals surface area contributed by atoms with Crippen molar-refractivity contribution in [2.24, 2.45) is 0 Å². The van der Waals surface area contributed by atoms with Gasteiger partial charge in [0.05, 0.1) is 28.7 Å². The molecule has 4 aromatic rings. The lowest BCUT2D eigenvalue weighted by Crippen LogP contribution is -2.34. The Hall–Kier alpha value is -3.61. The number of rotatable bonds is 8. The molecule has 0 aliphatic rings. The van der Waals surface area contributed by atoms with E-state index in [1.807, 2.05) is 45.0 Å². The zero-order chi connectivity index (χ0) is 26.6. The predicted octanol–water partition coefficient (Wildman–Crippen LogP) is 6.84. The summed E-state index contributed by atoms with van der Waals surface area (Å²) in [6, 6.07) is 28.1. The van der Waals surface area contributed by atoms with Gasteiger partial charge in [-0.2, -0.15) is 0 Å². The first-order valence-corrected chi connectivity index (χ1v) is 13.8. The van der Waals surface area contributed by atoms with Crippen LogP contribution in [0.3, 0.4) is 0 Å². The number of nitrogens with zero attached hydrogens (tertiary/aromatic N) is 1. The molecule has 0 unspecified atom stereocenters. The Morgan fingerprint density at radius 2 is 1.41 bits per heavy atom. The zero-order valence-corrected chi connectivity index (χ0v) is 22.6. The summed E-state index contributed by atoms with van der Waals surface area (Å²) in [5.74, 6) is -0.358. The largest absolute Gasteiger partial charge is 0.345 e. The Balaban J connectivity index is 1.74. The highest BCUT2D eigenvalue weighted by molar-refractivity contribution is 7.92. The molecule has 0 bridgehead atoms. The average Bonchev–Trinajstić information content (AvgIpc) is 2.89. The summed E-state index contributed by atoms with van der Waals surface area (Å²) < 4.78 is 29.2. The molecule has 0 spiro atoms. The summed E-state index contributed by atoms with van der Waals surface area (Å²) in [6.07, 6.45) is 0. The third-order valence-electron chi connectivity index (χ3n) is 6.19. The minimum absolute atomic E-state index is 0.0329. The summed E-state index contributed by atoms with van der Waals surface area (Å²) >= 11 is 6.06. The molecule has 0 aromatic heterocycles. The van der Waals surface area contributed by atoms with Crippen LogP contribution in [0, 0.1) is 13.8 Å². The zero-order valence-electron chi connectivity index (χ0n) is 21.0. The number of benzene rings is 4. The van der Waals surface area contributed by atoms with Gasteiger partial charge in [-0.25, -0.2) is 8.42 Å². The molecular weight excluding hydrogens is 504 g/mol.